The van der Waals surface area contributed by atoms with E-state index in [2.05, 4.69) is 10.2 Å². The second-order valence-corrected chi connectivity index (χ2v) is 16.5. The molecule has 6 rings (SSSR count). The highest BCUT2D eigenvalue weighted by Crippen LogP contribution is 2.44. The lowest BCUT2D eigenvalue weighted by Crippen LogP contribution is -2.17. The molecular formula is C39H37N5O6S2. The number of sulfone groups is 2. The summed E-state index contributed by atoms with van der Waals surface area (Å²) in [7, 11) is 1.31. The molecule has 0 atom stereocenters. The van der Waals surface area contributed by atoms with Crippen LogP contribution in [0, 0.1) is 0 Å². The Morgan fingerprint density at radius 3 is 1.44 bits per heavy atom. The number of nitrogens with zero attached hydrogens (tertiary/aromatic N) is 5. The average molecular weight is 736 g/mol. The highest BCUT2D eigenvalue weighted by molar-refractivity contribution is 7.95. The van der Waals surface area contributed by atoms with Crippen molar-refractivity contribution in [2.45, 2.75) is 19.6 Å². The quantitative estimate of drug-likeness (QED) is 0.139. The Morgan fingerprint density at radius 1 is 0.519 bits per heavy atom. The van der Waals surface area contributed by atoms with Gasteiger partial charge in [0.05, 0.1) is 21.0 Å². The second kappa shape index (κ2) is 13.7. The first-order valence-corrected chi connectivity index (χ1v) is 19.1. The first-order chi connectivity index (χ1) is 24.6. The van der Waals surface area contributed by atoms with E-state index >= 15 is 16.8 Å². The van der Waals surface area contributed by atoms with Crippen LogP contribution in [0.2, 0.25) is 0 Å². The summed E-state index contributed by atoms with van der Waals surface area (Å²) in [6.45, 7) is 0. The van der Waals surface area contributed by atoms with Crippen molar-refractivity contribution >= 4 is 75.6 Å². The van der Waals surface area contributed by atoms with Crippen molar-refractivity contribution in [3.63, 3.8) is 0 Å². The Labute approximate surface area is 302 Å². The third-order valence-electron chi connectivity index (χ3n) is 8.76. The molecule has 0 fully saturated rings. The Balaban J connectivity index is 1.72. The molecule has 11 nitrogen and oxygen atoms in total. The Kier molecular flexibility index (Phi) is 9.51. The minimum atomic E-state index is -4.89. The van der Waals surface area contributed by atoms with Gasteiger partial charge in [0.25, 0.3) is 0 Å². The number of hydrogen-bond donors (Lipinski definition) is 1. The molecule has 0 unspecified atom stereocenters. The molecule has 6 aromatic rings. The molecule has 13 heteroatoms. The number of hydrogen-bond acceptors (Lipinski definition) is 10. The molecule has 266 valence electrons. The van der Waals surface area contributed by atoms with Gasteiger partial charge in [-0.05, 0) is 60.7 Å². The van der Waals surface area contributed by atoms with Gasteiger partial charge >= 0.3 is 5.97 Å². The molecule has 0 bridgehead atoms. The van der Waals surface area contributed by atoms with Crippen LogP contribution in [-0.2, 0) is 19.7 Å². The van der Waals surface area contributed by atoms with Crippen molar-refractivity contribution < 1.29 is 26.7 Å². The lowest BCUT2D eigenvalue weighted by Gasteiger charge is -2.20. The zero-order valence-electron chi connectivity index (χ0n) is 29.4. The number of carboxylic acids is 1. The molecule has 6 aromatic carbocycles. The van der Waals surface area contributed by atoms with Crippen LogP contribution in [0.25, 0.3) is 21.5 Å². The maximum Gasteiger partial charge on any atom is 0.337 e. The number of rotatable bonds is 10. The largest absolute Gasteiger partial charge is 0.478 e. The molecule has 1 N–H and O–H groups in total. The molecule has 0 aliphatic carbocycles. The van der Waals surface area contributed by atoms with Gasteiger partial charge in [-0.2, -0.15) is 5.11 Å². The fraction of sp³-hybridized carbons (Fsp3) is 0.154. The lowest BCUT2D eigenvalue weighted by atomic mass is 10.1. The van der Waals surface area contributed by atoms with E-state index in [-0.39, 0.29) is 15.5 Å². The minimum absolute atomic E-state index is 0.215. The van der Waals surface area contributed by atoms with E-state index in [0.29, 0.717) is 27.2 Å². The van der Waals surface area contributed by atoms with Crippen molar-refractivity contribution in [3.05, 3.63) is 115 Å². The fourth-order valence-electron chi connectivity index (χ4n) is 6.25. The first-order valence-electron chi connectivity index (χ1n) is 16.1. The lowest BCUT2D eigenvalue weighted by molar-refractivity contribution is 0.0692. The predicted octanol–water partition coefficient (Wildman–Crippen LogP) is 7.97. The summed E-state index contributed by atoms with van der Waals surface area (Å²) < 4.78 is 60.5. The highest BCUT2D eigenvalue weighted by atomic mass is 32.2. The van der Waals surface area contributed by atoms with E-state index in [0.717, 1.165) is 23.1 Å². The number of carbonyl (C=O) groups is 1. The van der Waals surface area contributed by atoms with Crippen molar-refractivity contribution in [1.82, 2.24) is 0 Å². The van der Waals surface area contributed by atoms with E-state index in [1.54, 1.807) is 72.8 Å². The fourth-order valence-corrected chi connectivity index (χ4v) is 10.3. The molecule has 0 saturated heterocycles. The van der Waals surface area contributed by atoms with Crippen LogP contribution in [0.4, 0.5) is 28.4 Å². The number of carboxylic acid groups (broad SMARTS) is 1. The molecule has 0 aliphatic heterocycles. The molecule has 0 spiro atoms. The summed E-state index contributed by atoms with van der Waals surface area (Å²) in [5.41, 5.74) is 1.65. The molecule has 0 aliphatic rings. The van der Waals surface area contributed by atoms with Gasteiger partial charge in [0.2, 0.25) is 19.7 Å². The van der Waals surface area contributed by atoms with E-state index in [1.807, 2.05) is 69.1 Å². The molecule has 0 aromatic heterocycles. The SMILES string of the molecule is CN(C)c1ccc(N=Nc2ccc(C(=O)O)c(S(=O)(=O)c3cccc4c(N(C)C)cccc34)c2S(=O)(=O)c2cccc3c(N(C)C)cccc23)cc1. The van der Waals surface area contributed by atoms with Crippen LogP contribution in [0.5, 0.6) is 0 Å². The summed E-state index contributed by atoms with van der Waals surface area (Å²) >= 11 is 0. The zero-order valence-corrected chi connectivity index (χ0v) is 31.1. The monoisotopic (exact) mass is 735 g/mol. The van der Waals surface area contributed by atoms with Gasteiger partial charge in [-0.1, -0.05) is 48.5 Å². The normalized spacial score (nSPS) is 12.0. The van der Waals surface area contributed by atoms with Crippen molar-refractivity contribution in [3.8, 4) is 0 Å². The number of azo groups is 1. The van der Waals surface area contributed by atoms with Gasteiger partial charge in [0.15, 0.2) is 0 Å². The molecule has 0 heterocycles. The van der Waals surface area contributed by atoms with Gasteiger partial charge in [-0.3, -0.25) is 0 Å². The average Bonchev–Trinajstić information content (AvgIpc) is 3.12. The van der Waals surface area contributed by atoms with Crippen LogP contribution in [0.15, 0.2) is 139 Å². The summed E-state index contributed by atoms with van der Waals surface area (Å²) in [4.78, 5) is 16.3. The third-order valence-corrected chi connectivity index (χ3v) is 12.7. The first kappa shape index (κ1) is 36.0. The van der Waals surface area contributed by atoms with E-state index in [9.17, 15) is 9.90 Å². The molecule has 0 radical (unpaired) electrons. The van der Waals surface area contributed by atoms with Crippen molar-refractivity contribution in [2.24, 2.45) is 10.2 Å². The zero-order chi connectivity index (χ0) is 37.5. The van der Waals surface area contributed by atoms with Crippen LogP contribution in [-0.4, -0.2) is 70.2 Å². The number of aromatic carboxylic acids is 1. The van der Waals surface area contributed by atoms with Gasteiger partial charge in [0, 0.05) is 80.9 Å². The van der Waals surface area contributed by atoms with Gasteiger partial charge in [0.1, 0.15) is 15.5 Å². The Morgan fingerprint density at radius 2 is 0.981 bits per heavy atom. The maximum atomic E-state index is 15.2. The number of anilines is 3. The summed E-state index contributed by atoms with van der Waals surface area (Å²) in [6.07, 6.45) is 0. The third kappa shape index (κ3) is 6.33. The smallest absolute Gasteiger partial charge is 0.337 e. The second-order valence-electron chi connectivity index (χ2n) is 12.8. The van der Waals surface area contributed by atoms with Crippen LogP contribution >= 0.6 is 0 Å². The van der Waals surface area contributed by atoms with Crippen molar-refractivity contribution in [2.75, 3.05) is 57.0 Å². The number of fused-ring (bicyclic) bond motifs is 2. The van der Waals surface area contributed by atoms with E-state index in [4.69, 9.17) is 0 Å². The van der Waals surface area contributed by atoms with Crippen LogP contribution in [0.1, 0.15) is 10.4 Å². The minimum Gasteiger partial charge on any atom is -0.478 e. The predicted molar refractivity (Wildman–Crippen MR) is 206 cm³/mol. The van der Waals surface area contributed by atoms with E-state index < -0.39 is 41.0 Å². The summed E-state index contributed by atoms with van der Waals surface area (Å²) in [5.74, 6) is -1.63. The number of benzene rings is 6. The maximum absolute atomic E-state index is 15.2. The van der Waals surface area contributed by atoms with Crippen LogP contribution in [0.3, 0.4) is 0 Å². The summed E-state index contributed by atoms with van der Waals surface area (Å²) in [5, 5.41) is 20.8. The molecule has 0 saturated carbocycles. The van der Waals surface area contributed by atoms with Gasteiger partial charge in [-0.25, -0.2) is 21.6 Å². The van der Waals surface area contributed by atoms with Crippen molar-refractivity contribution in [1.29, 1.82) is 0 Å². The standard InChI is InChI=1S/C39H37N5O6S2/c1-42(2)26-21-19-25(20-22-26)40-41-32-24-23-31(39(45)46)37(51(47,48)35-17-9-11-27-29(35)13-7-15-33(27)43(3)4)38(32)52(49,50)36-18-10-12-28-30(36)14-8-16-34(28)44(5)6/h7-24H,1-6H3,(H,45,46). The summed E-state index contributed by atoms with van der Waals surface area (Å²) in [6, 6.07) is 28.9. The van der Waals surface area contributed by atoms with E-state index in [1.165, 1.54) is 18.2 Å². The molecule has 52 heavy (non-hydrogen) atoms. The van der Waals surface area contributed by atoms with Gasteiger partial charge < -0.3 is 19.8 Å². The molecular weight excluding hydrogens is 699 g/mol. The Bertz CT molecular complexity index is 2620. The van der Waals surface area contributed by atoms with Crippen LogP contribution < -0.4 is 14.7 Å². The Hall–Kier alpha value is -5.79. The topological polar surface area (TPSA) is 140 Å². The van der Waals surface area contributed by atoms with Gasteiger partial charge in [-0.15, -0.1) is 5.11 Å². The molecule has 0 amide bonds. The highest BCUT2D eigenvalue weighted by Gasteiger charge is 2.38.